The van der Waals surface area contributed by atoms with Crippen molar-refractivity contribution in [2.75, 3.05) is 11.1 Å². The van der Waals surface area contributed by atoms with Gasteiger partial charge in [0.25, 0.3) is 0 Å². The van der Waals surface area contributed by atoms with Crippen LogP contribution in [0.25, 0.3) is 10.4 Å². The van der Waals surface area contributed by atoms with Gasteiger partial charge in [0.1, 0.15) is 0 Å². The summed E-state index contributed by atoms with van der Waals surface area (Å²) < 4.78 is 0. The van der Waals surface area contributed by atoms with Gasteiger partial charge in [-0.25, -0.2) is 0 Å². The first-order chi connectivity index (χ1) is 9.81. The SMILES string of the molecule is Nc1cccc(NCc2ccc(-c3ccccc3)s2)c1. The lowest BCUT2D eigenvalue weighted by atomic mass is 10.2. The van der Waals surface area contributed by atoms with Gasteiger partial charge < -0.3 is 11.1 Å². The highest BCUT2D eigenvalue weighted by Crippen LogP contribution is 2.28. The van der Waals surface area contributed by atoms with Crippen molar-refractivity contribution in [3.63, 3.8) is 0 Å². The summed E-state index contributed by atoms with van der Waals surface area (Å²) >= 11 is 1.82. The van der Waals surface area contributed by atoms with Gasteiger partial charge in [-0.1, -0.05) is 36.4 Å². The Balaban J connectivity index is 1.69. The largest absolute Gasteiger partial charge is 0.399 e. The van der Waals surface area contributed by atoms with Crippen LogP contribution in [0.2, 0.25) is 0 Å². The number of thiophene rings is 1. The average molecular weight is 280 g/mol. The third kappa shape index (κ3) is 3.00. The summed E-state index contributed by atoms with van der Waals surface area (Å²) in [6.45, 7) is 0.820. The van der Waals surface area contributed by atoms with E-state index in [1.807, 2.05) is 41.7 Å². The zero-order valence-corrected chi connectivity index (χ0v) is 11.9. The Labute approximate surface area is 122 Å². The monoisotopic (exact) mass is 280 g/mol. The lowest BCUT2D eigenvalue weighted by Crippen LogP contribution is -1.97. The smallest absolute Gasteiger partial charge is 0.0494 e. The third-order valence-corrected chi connectivity index (χ3v) is 4.21. The van der Waals surface area contributed by atoms with Crippen molar-refractivity contribution in [3.8, 4) is 10.4 Å². The number of rotatable bonds is 4. The predicted octanol–water partition coefficient (Wildman–Crippen LogP) is 4.61. The Morgan fingerprint density at radius 3 is 2.55 bits per heavy atom. The molecule has 3 rings (SSSR count). The molecule has 0 saturated heterocycles. The molecule has 2 nitrogen and oxygen atoms in total. The van der Waals surface area contributed by atoms with Crippen LogP contribution < -0.4 is 11.1 Å². The number of nitrogens with one attached hydrogen (secondary N) is 1. The minimum absolute atomic E-state index is 0.783. The van der Waals surface area contributed by atoms with E-state index in [9.17, 15) is 0 Å². The molecular formula is C17H16N2S. The van der Waals surface area contributed by atoms with Crippen LogP contribution in [0.4, 0.5) is 11.4 Å². The number of hydrogen-bond acceptors (Lipinski definition) is 3. The number of nitrogen functional groups attached to an aromatic ring is 1. The van der Waals surface area contributed by atoms with E-state index in [4.69, 9.17) is 5.73 Å². The number of hydrogen-bond donors (Lipinski definition) is 2. The fourth-order valence-electron chi connectivity index (χ4n) is 2.07. The van der Waals surface area contributed by atoms with Crippen molar-refractivity contribution in [2.45, 2.75) is 6.54 Å². The number of benzene rings is 2. The van der Waals surface area contributed by atoms with E-state index in [1.54, 1.807) is 0 Å². The van der Waals surface area contributed by atoms with E-state index in [1.165, 1.54) is 15.3 Å². The lowest BCUT2D eigenvalue weighted by molar-refractivity contribution is 1.19. The highest BCUT2D eigenvalue weighted by Gasteiger charge is 2.02. The predicted molar refractivity (Wildman–Crippen MR) is 87.9 cm³/mol. The quantitative estimate of drug-likeness (QED) is 0.685. The molecule has 0 bridgehead atoms. The summed E-state index contributed by atoms with van der Waals surface area (Å²) in [7, 11) is 0. The normalized spacial score (nSPS) is 10.4. The molecule has 3 aromatic rings. The van der Waals surface area contributed by atoms with Gasteiger partial charge in [0.2, 0.25) is 0 Å². The zero-order valence-electron chi connectivity index (χ0n) is 11.0. The maximum atomic E-state index is 5.77. The standard InChI is InChI=1S/C17H16N2S/c18-14-7-4-8-15(11-14)19-12-16-9-10-17(20-16)13-5-2-1-3-6-13/h1-11,19H,12,18H2. The van der Waals surface area contributed by atoms with Crippen molar-refractivity contribution < 1.29 is 0 Å². The fraction of sp³-hybridized carbons (Fsp3) is 0.0588. The summed E-state index contributed by atoms with van der Waals surface area (Å²) in [5, 5.41) is 3.40. The Morgan fingerprint density at radius 2 is 1.75 bits per heavy atom. The second kappa shape index (κ2) is 5.80. The fourth-order valence-corrected chi connectivity index (χ4v) is 3.02. The van der Waals surface area contributed by atoms with E-state index >= 15 is 0 Å². The molecule has 3 N–H and O–H groups in total. The van der Waals surface area contributed by atoms with Gasteiger partial charge in [-0.2, -0.15) is 0 Å². The van der Waals surface area contributed by atoms with Crippen LogP contribution in [0.15, 0.2) is 66.7 Å². The minimum Gasteiger partial charge on any atom is -0.399 e. The first kappa shape index (κ1) is 12.8. The zero-order chi connectivity index (χ0) is 13.8. The molecular weight excluding hydrogens is 264 g/mol. The van der Waals surface area contributed by atoms with E-state index in [-0.39, 0.29) is 0 Å². The van der Waals surface area contributed by atoms with Gasteiger partial charge in [0.05, 0.1) is 0 Å². The Bertz CT molecular complexity index is 689. The van der Waals surface area contributed by atoms with Crippen molar-refractivity contribution >= 4 is 22.7 Å². The summed E-state index contributed by atoms with van der Waals surface area (Å²) in [4.78, 5) is 2.61. The average Bonchev–Trinajstić information content (AvgIpc) is 2.95. The van der Waals surface area contributed by atoms with Crippen molar-refractivity contribution in [1.82, 2.24) is 0 Å². The van der Waals surface area contributed by atoms with E-state index in [2.05, 4.69) is 41.7 Å². The number of nitrogens with two attached hydrogens (primary N) is 1. The first-order valence-electron chi connectivity index (χ1n) is 6.55. The van der Waals surface area contributed by atoms with Gasteiger partial charge in [0, 0.05) is 27.7 Å². The first-order valence-corrected chi connectivity index (χ1v) is 7.36. The van der Waals surface area contributed by atoms with Crippen molar-refractivity contribution in [3.05, 3.63) is 71.6 Å². The molecule has 0 aliphatic carbocycles. The Kier molecular flexibility index (Phi) is 3.70. The second-order valence-electron chi connectivity index (χ2n) is 4.61. The Morgan fingerprint density at radius 1 is 0.900 bits per heavy atom. The van der Waals surface area contributed by atoms with Gasteiger partial charge in [-0.15, -0.1) is 11.3 Å². The van der Waals surface area contributed by atoms with Gasteiger partial charge in [-0.05, 0) is 35.9 Å². The third-order valence-electron chi connectivity index (χ3n) is 3.07. The summed E-state index contributed by atoms with van der Waals surface area (Å²) in [6, 6.07) is 22.6. The maximum Gasteiger partial charge on any atom is 0.0494 e. The second-order valence-corrected chi connectivity index (χ2v) is 5.78. The van der Waals surface area contributed by atoms with Crippen LogP contribution in [0.5, 0.6) is 0 Å². The summed E-state index contributed by atoms with van der Waals surface area (Å²) in [6.07, 6.45) is 0. The van der Waals surface area contributed by atoms with E-state index in [0.29, 0.717) is 0 Å². The van der Waals surface area contributed by atoms with Crippen LogP contribution in [-0.2, 0) is 6.54 Å². The lowest BCUT2D eigenvalue weighted by Gasteiger charge is -2.05. The molecule has 0 fully saturated rings. The highest BCUT2D eigenvalue weighted by atomic mass is 32.1. The van der Waals surface area contributed by atoms with E-state index in [0.717, 1.165) is 17.9 Å². The molecule has 0 unspecified atom stereocenters. The molecule has 0 atom stereocenters. The molecule has 0 aliphatic rings. The van der Waals surface area contributed by atoms with Crippen molar-refractivity contribution in [2.24, 2.45) is 0 Å². The minimum atomic E-state index is 0.783. The van der Waals surface area contributed by atoms with Crippen LogP contribution in [0.1, 0.15) is 4.88 Å². The molecule has 100 valence electrons. The Hall–Kier alpha value is -2.26. The number of anilines is 2. The summed E-state index contributed by atoms with van der Waals surface area (Å²) in [5.41, 5.74) is 8.88. The van der Waals surface area contributed by atoms with Gasteiger partial charge in [0.15, 0.2) is 0 Å². The van der Waals surface area contributed by atoms with Gasteiger partial charge in [-0.3, -0.25) is 0 Å². The van der Waals surface area contributed by atoms with Crippen LogP contribution in [0.3, 0.4) is 0 Å². The topological polar surface area (TPSA) is 38.0 Å². The molecule has 2 aromatic carbocycles. The summed E-state index contributed by atoms with van der Waals surface area (Å²) in [5.74, 6) is 0. The molecule has 0 amide bonds. The van der Waals surface area contributed by atoms with Gasteiger partial charge >= 0.3 is 0 Å². The molecule has 0 radical (unpaired) electrons. The maximum absolute atomic E-state index is 5.77. The van der Waals surface area contributed by atoms with Crippen LogP contribution >= 0.6 is 11.3 Å². The van der Waals surface area contributed by atoms with Crippen LogP contribution in [0, 0.1) is 0 Å². The molecule has 0 aliphatic heterocycles. The molecule has 0 spiro atoms. The molecule has 3 heteroatoms. The molecule has 20 heavy (non-hydrogen) atoms. The molecule has 1 aromatic heterocycles. The van der Waals surface area contributed by atoms with E-state index < -0.39 is 0 Å². The molecule has 1 heterocycles. The van der Waals surface area contributed by atoms with Crippen molar-refractivity contribution in [1.29, 1.82) is 0 Å². The molecule has 0 saturated carbocycles. The highest BCUT2D eigenvalue weighted by molar-refractivity contribution is 7.15. The van der Waals surface area contributed by atoms with Crippen LogP contribution in [-0.4, -0.2) is 0 Å².